The molecule has 0 aliphatic carbocycles. The Morgan fingerprint density at radius 2 is 1.89 bits per heavy atom. The number of amides is 2. The topological polar surface area (TPSA) is 73.0 Å². The van der Waals surface area contributed by atoms with Crippen LogP contribution in [0.5, 0.6) is 5.75 Å². The number of halogens is 6. The molecule has 0 spiro atoms. The van der Waals surface area contributed by atoms with E-state index in [9.17, 15) is 31.5 Å². The average Bonchev–Trinajstić information content (AvgIpc) is 3.27. The molecular weight excluding hydrogens is 537 g/mol. The van der Waals surface area contributed by atoms with Gasteiger partial charge in [-0.1, -0.05) is 0 Å². The van der Waals surface area contributed by atoms with Gasteiger partial charge in [0, 0.05) is 53.9 Å². The van der Waals surface area contributed by atoms with E-state index in [0.717, 1.165) is 19.2 Å². The second-order valence-corrected chi connectivity index (χ2v) is 8.33. The van der Waals surface area contributed by atoms with Crippen LogP contribution in [0.25, 0.3) is 11.1 Å². The molecular formula is C25H22ClF5N3O4+. The zero-order valence-corrected chi connectivity index (χ0v) is 20.8. The maximum atomic E-state index is 14.7. The van der Waals surface area contributed by atoms with E-state index >= 15 is 0 Å². The number of aromatic nitrogens is 1. The van der Waals surface area contributed by atoms with Crippen LogP contribution in [0.4, 0.5) is 38.1 Å². The van der Waals surface area contributed by atoms with E-state index in [-0.39, 0.29) is 58.8 Å². The summed E-state index contributed by atoms with van der Waals surface area (Å²) >= 11 is 0. The highest BCUT2D eigenvalue weighted by atomic mass is 35.5. The number of alkyl halides is 3. The number of urea groups is 1. The van der Waals surface area contributed by atoms with Gasteiger partial charge in [-0.2, -0.15) is 17.7 Å². The van der Waals surface area contributed by atoms with E-state index in [1.807, 2.05) is 0 Å². The molecule has 2 aromatic carbocycles. The Balaban J connectivity index is 0.00000400. The van der Waals surface area contributed by atoms with Crippen LogP contribution in [0.3, 0.4) is 0 Å². The number of carbonyl (C=O) groups is 2. The van der Waals surface area contributed by atoms with Gasteiger partial charge in [-0.05, 0) is 18.2 Å². The van der Waals surface area contributed by atoms with Crippen molar-refractivity contribution in [1.29, 1.82) is 0 Å². The molecule has 3 aromatic rings. The van der Waals surface area contributed by atoms with E-state index in [4.69, 9.17) is 9.47 Å². The smallest absolute Gasteiger partial charge is 0.424 e. The molecule has 1 aromatic heterocycles. The number of pyridine rings is 1. The second-order valence-electron chi connectivity index (χ2n) is 8.33. The minimum Gasteiger partial charge on any atom is -1.00 e. The average molecular weight is 559 g/mol. The molecule has 0 saturated heterocycles. The van der Waals surface area contributed by atoms with E-state index in [1.165, 1.54) is 35.9 Å². The van der Waals surface area contributed by atoms with Crippen LogP contribution in [-0.2, 0) is 28.9 Å². The Bertz CT molecular complexity index is 1380. The SMILES string of the molecule is COc1cc2c(cc1C(F)(F)F)[NH+](C(=O)Nc1cc(F)c(F)c(-c3ccc[n+](COC(C)=O)c3)c1)CC2.[Cl-]. The Hall–Kier alpha value is -3.77. The van der Waals surface area contributed by atoms with Gasteiger partial charge in [-0.3, -0.25) is 10.1 Å². The molecule has 0 saturated carbocycles. The molecule has 1 aliphatic heterocycles. The van der Waals surface area contributed by atoms with Crippen molar-refractivity contribution in [2.24, 2.45) is 0 Å². The van der Waals surface area contributed by atoms with Crippen LogP contribution in [0.15, 0.2) is 48.8 Å². The highest BCUT2D eigenvalue weighted by molar-refractivity contribution is 5.86. The number of benzene rings is 2. The summed E-state index contributed by atoms with van der Waals surface area (Å²) in [5.41, 5.74) is -0.385. The van der Waals surface area contributed by atoms with Crippen LogP contribution in [0.1, 0.15) is 18.1 Å². The second kappa shape index (κ2) is 11.3. The monoisotopic (exact) mass is 558 g/mol. The van der Waals surface area contributed by atoms with E-state index in [1.54, 1.807) is 12.3 Å². The minimum absolute atomic E-state index is 0. The molecule has 7 nitrogen and oxygen atoms in total. The number of nitrogens with zero attached hydrogens (tertiary/aromatic N) is 1. The van der Waals surface area contributed by atoms with Crippen LogP contribution in [0.2, 0.25) is 0 Å². The normalized spacial score (nSPS) is 14.3. The van der Waals surface area contributed by atoms with E-state index < -0.39 is 35.4 Å². The highest BCUT2D eigenvalue weighted by Gasteiger charge is 2.40. The lowest BCUT2D eigenvalue weighted by Gasteiger charge is -2.16. The Labute approximate surface area is 220 Å². The summed E-state index contributed by atoms with van der Waals surface area (Å²) in [5.74, 6) is -3.26. The van der Waals surface area contributed by atoms with Crippen LogP contribution >= 0.6 is 0 Å². The first-order valence-corrected chi connectivity index (χ1v) is 11.1. The maximum absolute atomic E-state index is 14.7. The fourth-order valence-corrected chi connectivity index (χ4v) is 4.14. The van der Waals surface area contributed by atoms with E-state index in [2.05, 4.69) is 5.32 Å². The van der Waals surface area contributed by atoms with Crippen molar-refractivity contribution < 1.29 is 62.9 Å². The summed E-state index contributed by atoms with van der Waals surface area (Å²) in [4.78, 5) is 24.2. The molecule has 0 fully saturated rings. The molecule has 1 aliphatic rings. The first-order valence-electron chi connectivity index (χ1n) is 11.1. The number of esters is 1. The number of anilines is 1. The van der Waals surface area contributed by atoms with Crippen molar-refractivity contribution in [3.8, 4) is 16.9 Å². The first-order chi connectivity index (χ1) is 17.5. The molecule has 1 atom stereocenters. The molecule has 2 amide bonds. The summed E-state index contributed by atoms with van der Waals surface area (Å²) in [6.07, 6.45) is -1.38. The third-order valence-electron chi connectivity index (χ3n) is 5.85. The number of fused-ring (bicyclic) bond motifs is 1. The summed E-state index contributed by atoms with van der Waals surface area (Å²) < 4.78 is 80.8. The van der Waals surface area contributed by atoms with Gasteiger partial charge in [0.25, 0.3) is 6.73 Å². The number of nitrogens with one attached hydrogen (secondary N) is 2. The predicted molar refractivity (Wildman–Crippen MR) is 120 cm³/mol. The van der Waals surface area contributed by atoms with E-state index in [0.29, 0.717) is 12.0 Å². The fraction of sp³-hybridized carbons (Fsp3) is 0.240. The molecule has 4 rings (SSSR count). The highest BCUT2D eigenvalue weighted by Crippen LogP contribution is 2.39. The van der Waals surface area contributed by atoms with Crippen molar-refractivity contribution >= 4 is 23.4 Å². The van der Waals surface area contributed by atoms with Crippen LogP contribution in [0, 0.1) is 11.6 Å². The summed E-state index contributed by atoms with van der Waals surface area (Å²) in [6, 6.07) is 6.45. The molecule has 13 heteroatoms. The molecule has 2 N–H and O–H groups in total. The lowest BCUT2D eigenvalue weighted by atomic mass is 10.1. The number of hydrogen-bond acceptors (Lipinski definition) is 4. The molecule has 2 heterocycles. The van der Waals surface area contributed by atoms with Gasteiger partial charge in [-0.15, -0.1) is 0 Å². The largest absolute Gasteiger partial charge is 1.00 e. The van der Waals surface area contributed by atoms with Crippen LogP contribution < -0.4 is 31.9 Å². The molecule has 1 unspecified atom stereocenters. The van der Waals surface area contributed by atoms with Gasteiger partial charge in [0.1, 0.15) is 17.0 Å². The third-order valence-corrected chi connectivity index (χ3v) is 5.85. The lowest BCUT2D eigenvalue weighted by Crippen LogP contribution is -3.09. The fourth-order valence-electron chi connectivity index (χ4n) is 4.14. The minimum atomic E-state index is -4.69. The van der Waals surface area contributed by atoms with Gasteiger partial charge < -0.3 is 21.9 Å². The van der Waals surface area contributed by atoms with Crippen molar-refractivity contribution in [3.05, 3.63) is 71.6 Å². The Morgan fingerprint density at radius 3 is 2.55 bits per heavy atom. The van der Waals surface area contributed by atoms with Crippen molar-refractivity contribution in [2.45, 2.75) is 26.3 Å². The standard InChI is InChI=1S/C25H20F5N3O4.ClH/c1-14(34)37-13-32-6-3-4-16(12-32)18-9-17(10-20(26)23(18)27)31-24(35)33-7-5-15-8-22(36-2)19(11-21(15)33)25(28,29)30;/h3-4,6,8-12H,5,7,13H2,1-2H3;1H/p+1. The summed E-state index contributed by atoms with van der Waals surface area (Å²) in [6.45, 7) is 1.25. The van der Waals surface area contributed by atoms with Gasteiger partial charge in [0.15, 0.2) is 24.0 Å². The number of quaternary nitrogens is 1. The van der Waals surface area contributed by atoms with Crippen molar-refractivity contribution in [2.75, 3.05) is 19.0 Å². The molecule has 0 bridgehead atoms. The molecule has 0 radical (unpaired) electrons. The maximum Gasteiger partial charge on any atom is 0.424 e. The number of methoxy groups -OCH3 is 1. The Morgan fingerprint density at radius 1 is 1.16 bits per heavy atom. The van der Waals surface area contributed by atoms with Gasteiger partial charge >= 0.3 is 18.2 Å². The summed E-state index contributed by atoms with van der Waals surface area (Å²) in [5, 5.41) is 2.47. The zero-order valence-electron chi connectivity index (χ0n) is 20.1. The molecule has 38 heavy (non-hydrogen) atoms. The Kier molecular flexibility index (Phi) is 8.58. The lowest BCUT2D eigenvalue weighted by molar-refractivity contribution is -0.732. The quantitative estimate of drug-likeness (QED) is 0.276. The van der Waals surface area contributed by atoms with Crippen LogP contribution in [-0.4, -0.2) is 25.7 Å². The zero-order chi connectivity index (χ0) is 26.9. The van der Waals surface area contributed by atoms with Crippen molar-refractivity contribution in [1.82, 2.24) is 0 Å². The summed E-state index contributed by atoms with van der Waals surface area (Å²) in [7, 11) is 1.13. The number of ether oxygens (including phenoxy) is 2. The van der Waals surface area contributed by atoms with Gasteiger partial charge in [-0.25, -0.2) is 18.5 Å². The van der Waals surface area contributed by atoms with Gasteiger partial charge in [0.05, 0.1) is 13.7 Å². The van der Waals surface area contributed by atoms with Gasteiger partial charge in [0.2, 0.25) is 0 Å². The molecule has 202 valence electrons. The number of rotatable bonds is 5. The number of hydrogen-bond donors (Lipinski definition) is 2. The predicted octanol–water partition coefficient (Wildman–Crippen LogP) is 0.776. The first kappa shape index (κ1) is 28.8. The third kappa shape index (κ3) is 6.03. The van der Waals surface area contributed by atoms with Crippen molar-refractivity contribution in [3.63, 3.8) is 0 Å². The number of carbonyl (C=O) groups excluding carboxylic acids is 2.